The first-order chi connectivity index (χ1) is 9.65. The number of carboxylic acid groups (broad SMARTS) is 1. The molecule has 0 saturated heterocycles. The lowest BCUT2D eigenvalue weighted by molar-refractivity contribution is -0.146. The summed E-state index contributed by atoms with van der Waals surface area (Å²) in [6.07, 6.45) is 6.81. The summed E-state index contributed by atoms with van der Waals surface area (Å²) in [7, 11) is 0. The Balaban J connectivity index is 1.67. The second-order valence-electron chi connectivity index (χ2n) is 5.20. The fraction of sp³-hybridized carbons (Fsp3) is 0.538. The van der Waals surface area contributed by atoms with Crippen molar-refractivity contribution in [2.75, 3.05) is 5.32 Å². The van der Waals surface area contributed by atoms with Crippen molar-refractivity contribution in [2.24, 2.45) is 11.8 Å². The lowest BCUT2D eigenvalue weighted by atomic mass is 9.82. The van der Waals surface area contributed by atoms with E-state index in [0.29, 0.717) is 23.9 Å². The Labute approximate surface area is 119 Å². The Kier molecular flexibility index (Phi) is 3.52. The van der Waals surface area contributed by atoms with Crippen LogP contribution in [0.3, 0.4) is 0 Å². The molecular weight excluding hydrogens is 278 g/mol. The molecule has 20 heavy (non-hydrogen) atoms. The SMILES string of the molecule is O=C(Nc1nnc(C2CC2)s1)[C@H]1CC=CC[C@H]1C(=O)O. The maximum absolute atomic E-state index is 12.2. The summed E-state index contributed by atoms with van der Waals surface area (Å²) in [5.74, 6) is -1.89. The van der Waals surface area contributed by atoms with Gasteiger partial charge in [-0.1, -0.05) is 23.5 Å². The van der Waals surface area contributed by atoms with Crippen molar-refractivity contribution in [3.05, 3.63) is 17.2 Å². The highest BCUT2D eigenvalue weighted by Gasteiger charge is 2.34. The van der Waals surface area contributed by atoms with Gasteiger partial charge in [0, 0.05) is 5.92 Å². The van der Waals surface area contributed by atoms with E-state index < -0.39 is 17.8 Å². The van der Waals surface area contributed by atoms with Gasteiger partial charge in [0.1, 0.15) is 5.01 Å². The summed E-state index contributed by atoms with van der Waals surface area (Å²) in [5.41, 5.74) is 0. The third kappa shape index (κ3) is 2.72. The van der Waals surface area contributed by atoms with Gasteiger partial charge < -0.3 is 10.4 Å². The predicted molar refractivity (Wildman–Crippen MR) is 73.5 cm³/mol. The van der Waals surface area contributed by atoms with Gasteiger partial charge in [0.2, 0.25) is 11.0 Å². The second-order valence-corrected chi connectivity index (χ2v) is 6.21. The molecule has 1 aromatic heterocycles. The topological polar surface area (TPSA) is 92.2 Å². The van der Waals surface area contributed by atoms with Crippen LogP contribution in [-0.4, -0.2) is 27.2 Å². The average molecular weight is 293 g/mol. The first-order valence-electron chi connectivity index (χ1n) is 6.67. The lowest BCUT2D eigenvalue weighted by Gasteiger charge is -2.23. The highest BCUT2D eigenvalue weighted by molar-refractivity contribution is 7.15. The third-order valence-electron chi connectivity index (χ3n) is 3.68. The zero-order chi connectivity index (χ0) is 14.1. The molecule has 2 aliphatic carbocycles. The number of carbonyl (C=O) groups is 2. The van der Waals surface area contributed by atoms with Crippen molar-refractivity contribution >= 4 is 28.3 Å². The number of allylic oxidation sites excluding steroid dienone is 2. The quantitative estimate of drug-likeness (QED) is 0.829. The molecule has 0 unspecified atom stereocenters. The normalized spacial score (nSPS) is 25.4. The number of anilines is 1. The molecule has 1 heterocycles. The molecule has 6 nitrogen and oxygen atoms in total. The van der Waals surface area contributed by atoms with Crippen LogP contribution in [0.4, 0.5) is 5.13 Å². The number of nitrogens with one attached hydrogen (secondary N) is 1. The molecule has 0 radical (unpaired) electrons. The van der Waals surface area contributed by atoms with E-state index in [1.54, 1.807) is 0 Å². The van der Waals surface area contributed by atoms with E-state index in [1.807, 2.05) is 12.2 Å². The molecule has 0 aromatic carbocycles. The van der Waals surface area contributed by atoms with Crippen molar-refractivity contribution in [3.63, 3.8) is 0 Å². The van der Waals surface area contributed by atoms with E-state index in [2.05, 4.69) is 15.5 Å². The van der Waals surface area contributed by atoms with Crippen LogP contribution >= 0.6 is 11.3 Å². The molecule has 2 aliphatic rings. The fourth-order valence-electron chi connectivity index (χ4n) is 2.36. The van der Waals surface area contributed by atoms with Gasteiger partial charge in [0.25, 0.3) is 0 Å². The van der Waals surface area contributed by atoms with Gasteiger partial charge in [-0.15, -0.1) is 10.2 Å². The van der Waals surface area contributed by atoms with Gasteiger partial charge >= 0.3 is 5.97 Å². The number of aromatic nitrogens is 2. The summed E-state index contributed by atoms with van der Waals surface area (Å²) < 4.78 is 0. The Hall–Kier alpha value is -1.76. The molecule has 0 spiro atoms. The summed E-state index contributed by atoms with van der Waals surface area (Å²) in [6, 6.07) is 0. The van der Waals surface area contributed by atoms with E-state index in [4.69, 9.17) is 5.11 Å². The lowest BCUT2D eigenvalue weighted by Crippen LogP contribution is -2.34. The van der Waals surface area contributed by atoms with Crippen LogP contribution in [0, 0.1) is 11.8 Å². The van der Waals surface area contributed by atoms with Crippen molar-refractivity contribution in [1.82, 2.24) is 10.2 Å². The smallest absolute Gasteiger partial charge is 0.307 e. The van der Waals surface area contributed by atoms with Crippen molar-refractivity contribution in [1.29, 1.82) is 0 Å². The first kappa shape index (κ1) is 13.2. The van der Waals surface area contributed by atoms with Gasteiger partial charge in [-0.25, -0.2) is 0 Å². The van der Waals surface area contributed by atoms with Crippen LogP contribution < -0.4 is 5.32 Å². The average Bonchev–Trinajstić information content (AvgIpc) is 3.19. The molecule has 2 atom stereocenters. The van der Waals surface area contributed by atoms with Crippen LogP contribution in [0.1, 0.15) is 36.6 Å². The summed E-state index contributed by atoms with van der Waals surface area (Å²) in [5, 5.41) is 21.3. The van der Waals surface area contributed by atoms with Gasteiger partial charge in [-0.3, -0.25) is 9.59 Å². The molecule has 1 saturated carbocycles. The number of carbonyl (C=O) groups excluding carboxylic acids is 1. The minimum atomic E-state index is -0.926. The molecule has 1 fully saturated rings. The second kappa shape index (κ2) is 5.32. The maximum atomic E-state index is 12.2. The minimum Gasteiger partial charge on any atom is -0.481 e. The van der Waals surface area contributed by atoms with Gasteiger partial charge in [-0.2, -0.15) is 0 Å². The van der Waals surface area contributed by atoms with Crippen LogP contribution in [0.2, 0.25) is 0 Å². The fourth-order valence-corrected chi connectivity index (χ4v) is 3.27. The molecule has 106 valence electrons. The van der Waals surface area contributed by atoms with E-state index >= 15 is 0 Å². The molecule has 2 N–H and O–H groups in total. The number of aliphatic carboxylic acids is 1. The number of amides is 1. The van der Waals surface area contributed by atoms with Crippen LogP contribution in [0.25, 0.3) is 0 Å². The third-order valence-corrected chi connectivity index (χ3v) is 4.68. The summed E-state index contributed by atoms with van der Waals surface area (Å²) in [4.78, 5) is 23.4. The van der Waals surface area contributed by atoms with Crippen LogP contribution in [0.15, 0.2) is 12.2 Å². The molecule has 1 aromatic rings. The number of hydrogen-bond donors (Lipinski definition) is 2. The molecule has 7 heteroatoms. The van der Waals surface area contributed by atoms with E-state index in [1.165, 1.54) is 11.3 Å². The molecule has 0 bridgehead atoms. The van der Waals surface area contributed by atoms with Crippen molar-refractivity contribution in [3.8, 4) is 0 Å². The highest BCUT2D eigenvalue weighted by atomic mass is 32.1. The van der Waals surface area contributed by atoms with E-state index in [-0.39, 0.29) is 5.91 Å². The van der Waals surface area contributed by atoms with Crippen LogP contribution in [-0.2, 0) is 9.59 Å². The summed E-state index contributed by atoms with van der Waals surface area (Å²) in [6.45, 7) is 0. The number of rotatable bonds is 4. The number of hydrogen-bond acceptors (Lipinski definition) is 5. The van der Waals surface area contributed by atoms with Gasteiger partial charge in [0.05, 0.1) is 11.8 Å². The Morgan fingerprint density at radius 3 is 2.55 bits per heavy atom. The molecular formula is C13H15N3O3S. The predicted octanol–water partition coefficient (Wildman–Crippen LogP) is 2.02. The van der Waals surface area contributed by atoms with Crippen molar-refractivity contribution < 1.29 is 14.7 Å². The maximum Gasteiger partial charge on any atom is 0.307 e. The first-order valence-corrected chi connectivity index (χ1v) is 7.49. The molecule has 1 amide bonds. The molecule has 0 aliphatic heterocycles. The highest BCUT2D eigenvalue weighted by Crippen LogP contribution is 2.42. The van der Waals surface area contributed by atoms with Crippen molar-refractivity contribution in [2.45, 2.75) is 31.6 Å². The van der Waals surface area contributed by atoms with E-state index in [0.717, 1.165) is 17.8 Å². The molecule has 3 rings (SSSR count). The number of nitrogens with zero attached hydrogens (tertiary/aromatic N) is 2. The van der Waals surface area contributed by atoms with Gasteiger partial charge in [-0.05, 0) is 25.7 Å². The minimum absolute atomic E-state index is 0.278. The monoisotopic (exact) mass is 293 g/mol. The van der Waals surface area contributed by atoms with Crippen LogP contribution in [0.5, 0.6) is 0 Å². The zero-order valence-electron chi connectivity index (χ0n) is 10.8. The zero-order valence-corrected chi connectivity index (χ0v) is 11.6. The van der Waals surface area contributed by atoms with E-state index in [9.17, 15) is 9.59 Å². The largest absolute Gasteiger partial charge is 0.481 e. The number of carboxylic acids is 1. The standard InChI is InChI=1S/C13H15N3O3S/c17-10(8-3-1-2-4-9(8)12(18)19)14-13-16-15-11(20-13)7-5-6-7/h1-2,7-9H,3-6H2,(H,18,19)(H,14,16,17)/t8-,9+/m0/s1. The Morgan fingerprint density at radius 1 is 1.20 bits per heavy atom. The Morgan fingerprint density at radius 2 is 1.90 bits per heavy atom. The summed E-state index contributed by atoms with van der Waals surface area (Å²) >= 11 is 1.39. The Bertz CT molecular complexity index is 565. The van der Waals surface area contributed by atoms with Gasteiger partial charge in [0.15, 0.2) is 0 Å².